The van der Waals surface area contributed by atoms with Gasteiger partial charge in [-0.15, -0.1) is 0 Å². The highest BCUT2D eigenvalue weighted by atomic mass is 32.2. The van der Waals surface area contributed by atoms with Crippen LogP contribution in [0.3, 0.4) is 0 Å². The van der Waals surface area contributed by atoms with E-state index in [-0.39, 0.29) is 9.79 Å². The van der Waals surface area contributed by atoms with Crippen LogP contribution in [0.2, 0.25) is 0 Å². The average molecular weight is 597 g/mol. The van der Waals surface area contributed by atoms with Crippen molar-refractivity contribution >= 4 is 66.4 Å². The standard InChI is InChI=1S/C32H24N2O6S2/c1-3-23-13-17-25(18-14-23)41(35,36)39-33-21-31-27-9-5-7-11-29(27)32(30-12-8-6-10-28(30)31)22-34-40-42(37,38)26-19-15-24(4-2)16-20-26/h3-22H,1-2H2. The summed E-state index contributed by atoms with van der Waals surface area (Å²) in [5.41, 5.74) is 2.74. The monoisotopic (exact) mass is 596 g/mol. The van der Waals surface area contributed by atoms with Crippen molar-refractivity contribution in [2.24, 2.45) is 10.3 Å². The quantitative estimate of drug-likeness (QED) is 0.100. The van der Waals surface area contributed by atoms with E-state index in [4.69, 9.17) is 8.57 Å². The van der Waals surface area contributed by atoms with Crippen molar-refractivity contribution in [2.75, 3.05) is 0 Å². The summed E-state index contributed by atoms with van der Waals surface area (Å²) in [5, 5.41) is 10.5. The van der Waals surface area contributed by atoms with Crippen LogP contribution >= 0.6 is 0 Å². The molecule has 8 nitrogen and oxygen atoms in total. The zero-order valence-corrected chi connectivity index (χ0v) is 23.8. The van der Waals surface area contributed by atoms with E-state index in [0.717, 1.165) is 11.1 Å². The minimum atomic E-state index is -4.15. The predicted octanol–water partition coefficient (Wildman–Crippen LogP) is 6.76. The maximum atomic E-state index is 12.7. The van der Waals surface area contributed by atoms with Crippen molar-refractivity contribution < 1.29 is 25.4 Å². The third-order valence-electron chi connectivity index (χ3n) is 6.47. The molecule has 5 aromatic rings. The zero-order chi connectivity index (χ0) is 29.7. The molecule has 0 atom stereocenters. The first-order valence-electron chi connectivity index (χ1n) is 12.6. The number of nitrogens with zero attached hydrogens (tertiary/aromatic N) is 2. The second kappa shape index (κ2) is 11.8. The summed E-state index contributed by atoms with van der Waals surface area (Å²) in [7, 11) is -8.31. The van der Waals surface area contributed by atoms with Crippen molar-refractivity contribution in [3.05, 3.63) is 132 Å². The van der Waals surface area contributed by atoms with Gasteiger partial charge in [0.2, 0.25) is 0 Å². The zero-order valence-electron chi connectivity index (χ0n) is 22.1. The van der Waals surface area contributed by atoms with Gasteiger partial charge in [-0.2, -0.15) is 16.8 Å². The molecule has 5 rings (SSSR count). The molecule has 0 amide bonds. The molecular weight excluding hydrogens is 572 g/mol. The normalized spacial score (nSPS) is 12.2. The van der Waals surface area contributed by atoms with Crippen molar-refractivity contribution in [3.63, 3.8) is 0 Å². The molecule has 42 heavy (non-hydrogen) atoms. The molecule has 10 heteroatoms. The molecule has 0 unspecified atom stereocenters. The Morgan fingerprint density at radius 1 is 0.500 bits per heavy atom. The van der Waals surface area contributed by atoms with Crippen LogP contribution in [0.4, 0.5) is 0 Å². The van der Waals surface area contributed by atoms with Gasteiger partial charge in [0.1, 0.15) is 9.79 Å². The Morgan fingerprint density at radius 2 is 0.810 bits per heavy atom. The molecule has 0 N–H and O–H groups in total. The van der Waals surface area contributed by atoms with E-state index in [9.17, 15) is 16.8 Å². The van der Waals surface area contributed by atoms with Crippen LogP contribution < -0.4 is 0 Å². The first kappa shape index (κ1) is 28.5. The molecular formula is C32H24N2O6S2. The van der Waals surface area contributed by atoms with Gasteiger partial charge in [-0.25, -0.2) is 0 Å². The minimum absolute atomic E-state index is 0.0434. The summed E-state index contributed by atoms with van der Waals surface area (Å²) in [6.45, 7) is 7.32. The van der Waals surface area contributed by atoms with Crippen molar-refractivity contribution in [1.82, 2.24) is 0 Å². The molecule has 5 aromatic carbocycles. The topological polar surface area (TPSA) is 111 Å². The van der Waals surface area contributed by atoms with Crippen molar-refractivity contribution in [3.8, 4) is 0 Å². The van der Waals surface area contributed by atoms with Gasteiger partial charge in [-0.05, 0) is 56.9 Å². The Balaban J connectivity index is 1.50. The van der Waals surface area contributed by atoms with Crippen LogP contribution in [0.5, 0.6) is 0 Å². The summed E-state index contributed by atoms with van der Waals surface area (Å²) < 4.78 is 60.7. The number of oxime groups is 2. The Morgan fingerprint density at radius 3 is 1.10 bits per heavy atom. The van der Waals surface area contributed by atoms with Crippen LogP contribution in [-0.4, -0.2) is 29.3 Å². The molecule has 0 spiro atoms. The van der Waals surface area contributed by atoms with E-state index in [1.807, 2.05) is 48.5 Å². The van der Waals surface area contributed by atoms with Crippen molar-refractivity contribution in [2.45, 2.75) is 9.79 Å². The lowest BCUT2D eigenvalue weighted by Gasteiger charge is -2.12. The molecule has 0 aliphatic carbocycles. The summed E-state index contributed by atoms with van der Waals surface area (Å²) >= 11 is 0. The van der Waals surface area contributed by atoms with Gasteiger partial charge in [-0.1, -0.05) is 108 Å². The summed E-state index contributed by atoms with van der Waals surface area (Å²) in [4.78, 5) is -0.0868. The maximum absolute atomic E-state index is 12.7. The highest BCUT2D eigenvalue weighted by Gasteiger charge is 2.18. The molecule has 0 aromatic heterocycles. The Labute approximate surface area is 243 Å². The van der Waals surface area contributed by atoms with Crippen LogP contribution in [0.1, 0.15) is 22.3 Å². The van der Waals surface area contributed by atoms with E-state index in [1.165, 1.54) is 36.7 Å². The summed E-state index contributed by atoms with van der Waals surface area (Å²) in [6.07, 6.45) is 5.89. The molecule has 0 aliphatic heterocycles. The summed E-state index contributed by atoms with van der Waals surface area (Å²) in [5.74, 6) is 0. The molecule has 0 radical (unpaired) electrons. The van der Waals surface area contributed by atoms with E-state index in [0.29, 0.717) is 32.7 Å². The first-order valence-corrected chi connectivity index (χ1v) is 15.4. The molecule has 210 valence electrons. The Hall–Kier alpha value is -5.06. The van der Waals surface area contributed by atoms with E-state index >= 15 is 0 Å². The van der Waals surface area contributed by atoms with Gasteiger partial charge in [0.15, 0.2) is 0 Å². The van der Waals surface area contributed by atoms with Gasteiger partial charge >= 0.3 is 20.2 Å². The maximum Gasteiger partial charge on any atom is 0.358 e. The highest BCUT2D eigenvalue weighted by molar-refractivity contribution is 7.87. The smallest absolute Gasteiger partial charge is 0.265 e. The SMILES string of the molecule is C=Cc1ccc(S(=O)(=O)ON=Cc2c3ccccc3c(C=NOS(=O)(=O)c3ccc(C=C)cc3)c3ccccc23)cc1. The lowest BCUT2D eigenvalue weighted by molar-refractivity contribution is 0.340. The lowest BCUT2D eigenvalue weighted by atomic mass is 9.92. The third kappa shape index (κ3) is 5.85. The lowest BCUT2D eigenvalue weighted by Crippen LogP contribution is -2.03. The predicted molar refractivity (Wildman–Crippen MR) is 166 cm³/mol. The molecule has 0 aliphatic rings. The third-order valence-corrected chi connectivity index (χ3v) is 8.73. The summed E-state index contributed by atoms with van der Waals surface area (Å²) in [6, 6.07) is 26.7. The van der Waals surface area contributed by atoms with Gasteiger partial charge in [0, 0.05) is 11.1 Å². The Bertz CT molecular complexity index is 1880. The van der Waals surface area contributed by atoms with Gasteiger partial charge < -0.3 is 0 Å². The molecule has 0 saturated carbocycles. The van der Waals surface area contributed by atoms with Crippen molar-refractivity contribution in [1.29, 1.82) is 0 Å². The van der Waals surface area contributed by atoms with Crippen LogP contribution in [-0.2, 0) is 28.8 Å². The number of fused-ring (bicyclic) bond motifs is 2. The van der Waals surface area contributed by atoms with Gasteiger partial charge in [-0.3, -0.25) is 8.57 Å². The van der Waals surface area contributed by atoms with Gasteiger partial charge in [0.05, 0.1) is 12.4 Å². The van der Waals surface area contributed by atoms with E-state index in [2.05, 4.69) is 23.5 Å². The number of benzene rings is 5. The van der Waals surface area contributed by atoms with E-state index < -0.39 is 20.2 Å². The fourth-order valence-electron chi connectivity index (χ4n) is 4.36. The first-order chi connectivity index (χ1) is 20.2. The second-order valence-corrected chi connectivity index (χ2v) is 12.0. The average Bonchev–Trinajstić information content (AvgIpc) is 3.02. The number of rotatable bonds is 10. The highest BCUT2D eigenvalue weighted by Crippen LogP contribution is 2.31. The fourth-order valence-corrected chi connectivity index (χ4v) is 5.79. The molecule has 0 saturated heterocycles. The minimum Gasteiger partial charge on any atom is -0.265 e. The molecule has 0 fully saturated rings. The molecule has 0 heterocycles. The second-order valence-electron chi connectivity index (χ2n) is 8.99. The van der Waals surface area contributed by atoms with Crippen LogP contribution in [0, 0.1) is 0 Å². The van der Waals surface area contributed by atoms with Crippen LogP contribution in [0.25, 0.3) is 33.7 Å². The fraction of sp³-hybridized carbons (Fsp3) is 0. The number of hydrogen-bond acceptors (Lipinski definition) is 8. The van der Waals surface area contributed by atoms with E-state index in [1.54, 1.807) is 36.4 Å². The van der Waals surface area contributed by atoms with Gasteiger partial charge in [0.25, 0.3) is 0 Å². The van der Waals surface area contributed by atoms with Crippen LogP contribution in [0.15, 0.2) is 130 Å². The Kier molecular flexibility index (Phi) is 8.01. The number of hydrogen-bond donors (Lipinski definition) is 0. The largest absolute Gasteiger partial charge is 0.358 e. The molecule has 0 bridgehead atoms.